The van der Waals surface area contributed by atoms with E-state index in [4.69, 9.17) is 0 Å². The fraction of sp³-hybridized carbons (Fsp3) is 0.0667. The maximum Gasteiger partial charge on any atom is 0.418 e. The molecule has 0 aliphatic heterocycles. The molecule has 0 saturated carbocycles. The Hall–Kier alpha value is -2.15. The Morgan fingerprint density at radius 3 is 2.50 bits per heavy atom. The third kappa shape index (κ3) is 2.52. The van der Waals surface area contributed by atoms with Crippen molar-refractivity contribution in [1.29, 1.82) is 0 Å². The molecule has 0 aliphatic carbocycles. The smallest absolute Gasteiger partial charge is 0.306 e. The first kappa shape index (κ1) is 14.8. The maximum absolute atomic E-state index is 13.3. The van der Waals surface area contributed by atoms with Crippen LogP contribution in [0.1, 0.15) is 5.56 Å². The molecule has 3 nitrogen and oxygen atoms in total. The highest BCUT2D eigenvalue weighted by Gasteiger charge is 2.36. The Morgan fingerprint density at radius 2 is 1.77 bits per heavy atom. The highest BCUT2D eigenvalue weighted by atomic mass is 79.9. The van der Waals surface area contributed by atoms with Crippen molar-refractivity contribution in [2.75, 3.05) is 0 Å². The van der Waals surface area contributed by atoms with E-state index in [0.29, 0.717) is 10.9 Å². The summed E-state index contributed by atoms with van der Waals surface area (Å²) in [4.78, 5) is 18.6. The van der Waals surface area contributed by atoms with Gasteiger partial charge in [-0.05, 0) is 18.2 Å². The summed E-state index contributed by atoms with van der Waals surface area (Å²) in [6, 6.07) is 10.5. The monoisotopic (exact) mass is 368 g/mol. The van der Waals surface area contributed by atoms with Crippen LogP contribution in [0, 0.1) is 0 Å². The fourth-order valence-electron chi connectivity index (χ4n) is 2.22. The Morgan fingerprint density at radius 1 is 1.05 bits per heavy atom. The van der Waals surface area contributed by atoms with Crippen molar-refractivity contribution in [1.82, 2.24) is 9.97 Å². The van der Waals surface area contributed by atoms with E-state index >= 15 is 0 Å². The first-order valence-electron chi connectivity index (χ1n) is 6.23. The van der Waals surface area contributed by atoms with Crippen molar-refractivity contribution in [3.05, 3.63) is 62.9 Å². The van der Waals surface area contributed by atoms with Gasteiger partial charge in [-0.2, -0.15) is 13.2 Å². The van der Waals surface area contributed by atoms with Gasteiger partial charge in [-0.15, -0.1) is 0 Å². The third-order valence-electron chi connectivity index (χ3n) is 3.17. The number of halogens is 4. The van der Waals surface area contributed by atoms with Gasteiger partial charge in [0.1, 0.15) is 5.82 Å². The molecule has 1 aromatic heterocycles. The average molecular weight is 369 g/mol. The first-order chi connectivity index (χ1) is 10.4. The molecule has 0 atom stereocenters. The van der Waals surface area contributed by atoms with Crippen molar-refractivity contribution in [2.24, 2.45) is 0 Å². The predicted molar refractivity (Wildman–Crippen MR) is 80.5 cm³/mol. The largest absolute Gasteiger partial charge is 0.418 e. The molecule has 3 aromatic rings. The summed E-state index contributed by atoms with van der Waals surface area (Å²) in [5.41, 5.74) is -1.18. The molecule has 0 amide bonds. The quantitative estimate of drug-likeness (QED) is 0.693. The molecule has 0 aliphatic rings. The number of fused-ring (bicyclic) bond motifs is 1. The van der Waals surface area contributed by atoms with Gasteiger partial charge < -0.3 is 4.98 Å². The number of para-hydroxylation sites is 1. The Balaban J connectivity index is 2.34. The van der Waals surface area contributed by atoms with Gasteiger partial charge in [-0.25, -0.2) is 4.98 Å². The number of nitrogens with one attached hydrogen (secondary N) is 1. The molecule has 7 heteroatoms. The summed E-state index contributed by atoms with van der Waals surface area (Å²) in [6.45, 7) is 0. The second kappa shape index (κ2) is 5.24. The molecule has 0 unspecified atom stereocenters. The number of aromatic amines is 1. The lowest BCUT2D eigenvalue weighted by molar-refractivity contribution is -0.137. The molecule has 22 heavy (non-hydrogen) atoms. The van der Waals surface area contributed by atoms with E-state index in [0.717, 1.165) is 0 Å². The van der Waals surface area contributed by atoms with Crippen LogP contribution in [0.5, 0.6) is 0 Å². The summed E-state index contributed by atoms with van der Waals surface area (Å²) >= 11 is 2.91. The zero-order valence-corrected chi connectivity index (χ0v) is 12.5. The van der Waals surface area contributed by atoms with Crippen LogP contribution in [-0.4, -0.2) is 9.97 Å². The van der Waals surface area contributed by atoms with Crippen LogP contribution in [0.15, 0.2) is 51.7 Å². The van der Waals surface area contributed by atoms with E-state index in [9.17, 15) is 18.0 Å². The minimum absolute atomic E-state index is 0.103. The van der Waals surface area contributed by atoms with Crippen LogP contribution in [0.3, 0.4) is 0 Å². The number of benzene rings is 2. The highest BCUT2D eigenvalue weighted by Crippen LogP contribution is 2.40. The van der Waals surface area contributed by atoms with E-state index in [1.165, 1.54) is 18.2 Å². The van der Waals surface area contributed by atoms with Crippen molar-refractivity contribution in [2.45, 2.75) is 6.18 Å². The van der Waals surface area contributed by atoms with Gasteiger partial charge in [0.15, 0.2) is 0 Å². The van der Waals surface area contributed by atoms with Crippen LogP contribution in [0.4, 0.5) is 13.2 Å². The van der Waals surface area contributed by atoms with Gasteiger partial charge >= 0.3 is 6.18 Å². The molecule has 0 saturated heterocycles. The van der Waals surface area contributed by atoms with Crippen molar-refractivity contribution < 1.29 is 13.2 Å². The van der Waals surface area contributed by atoms with Crippen molar-refractivity contribution in [3.63, 3.8) is 0 Å². The summed E-state index contributed by atoms with van der Waals surface area (Å²) < 4.78 is 39.7. The molecule has 0 radical (unpaired) electrons. The van der Waals surface area contributed by atoms with Gasteiger partial charge in [-0.1, -0.05) is 40.2 Å². The van der Waals surface area contributed by atoms with Crippen LogP contribution < -0.4 is 5.56 Å². The molecule has 2 aromatic carbocycles. The van der Waals surface area contributed by atoms with Gasteiger partial charge in [0, 0.05) is 10.0 Å². The number of H-pyrrole nitrogens is 1. The summed E-state index contributed by atoms with van der Waals surface area (Å²) in [5.74, 6) is -0.114. The number of aromatic nitrogens is 2. The second-order valence-electron chi connectivity index (χ2n) is 4.59. The molecular formula is C15H8BrF3N2O. The number of rotatable bonds is 1. The summed E-state index contributed by atoms with van der Waals surface area (Å²) in [5, 5.41) is 0.329. The molecule has 1 heterocycles. The van der Waals surface area contributed by atoms with Gasteiger partial charge in [-0.3, -0.25) is 4.79 Å². The number of nitrogens with zero attached hydrogens (tertiary/aromatic N) is 1. The molecule has 1 N–H and O–H groups in total. The lowest BCUT2D eigenvalue weighted by Crippen LogP contribution is -2.13. The average Bonchev–Trinajstić information content (AvgIpc) is 2.45. The summed E-state index contributed by atoms with van der Waals surface area (Å²) in [7, 11) is 0. The molecular weight excluding hydrogens is 361 g/mol. The molecule has 3 rings (SSSR count). The molecule has 0 bridgehead atoms. The van der Waals surface area contributed by atoms with Crippen molar-refractivity contribution >= 4 is 26.8 Å². The van der Waals surface area contributed by atoms with Crippen LogP contribution in [0.25, 0.3) is 22.3 Å². The normalized spacial score (nSPS) is 11.8. The first-order valence-corrected chi connectivity index (χ1v) is 7.02. The zero-order chi connectivity index (χ0) is 15.9. The van der Waals surface area contributed by atoms with Gasteiger partial charge in [0.25, 0.3) is 5.56 Å². The SMILES string of the molecule is O=c1[nH]c(-c2cccc(Br)c2C(F)(F)F)nc2ccccc12. The minimum Gasteiger partial charge on any atom is -0.306 e. The topological polar surface area (TPSA) is 45.8 Å². The maximum atomic E-state index is 13.3. The lowest BCUT2D eigenvalue weighted by Gasteiger charge is -2.14. The Kier molecular flexibility index (Phi) is 3.52. The Bertz CT molecular complexity index is 919. The third-order valence-corrected chi connectivity index (χ3v) is 3.83. The van der Waals surface area contributed by atoms with Crippen molar-refractivity contribution in [3.8, 4) is 11.4 Å². The lowest BCUT2D eigenvalue weighted by atomic mass is 10.1. The second-order valence-corrected chi connectivity index (χ2v) is 5.45. The van der Waals surface area contributed by atoms with Gasteiger partial charge in [0.05, 0.1) is 16.5 Å². The minimum atomic E-state index is -4.57. The van der Waals surface area contributed by atoms with E-state index < -0.39 is 17.3 Å². The number of hydrogen-bond donors (Lipinski definition) is 1. The predicted octanol–water partition coefficient (Wildman–Crippen LogP) is 4.37. The highest BCUT2D eigenvalue weighted by molar-refractivity contribution is 9.10. The summed E-state index contributed by atoms with van der Waals surface area (Å²) in [6.07, 6.45) is -4.57. The van der Waals surface area contributed by atoms with E-state index in [2.05, 4.69) is 25.9 Å². The molecule has 0 fully saturated rings. The van der Waals surface area contributed by atoms with E-state index in [1.54, 1.807) is 24.3 Å². The van der Waals surface area contributed by atoms with Crippen LogP contribution in [0.2, 0.25) is 0 Å². The molecule has 112 valence electrons. The van der Waals surface area contributed by atoms with Gasteiger partial charge in [0.2, 0.25) is 0 Å². The van der Waals surface area contributed by atoms with E-state index in [-0.39, 0.29) is 15.9 Å². The van der Waals surface area contributed by atoms with E-state index in [1.807, 2.05) is 0 Å². The Labute approximate surface area is 131 Å². The standard InChI is InChI=1S/C15H8BrF3N2O/c16-10-6-3-5-9(12(10)15(17,18)19)13-20-11-7-2-1-4-8(11)14(22)21-13/h1-7H,(H,20,21,22). The fourth-order valence-corrected chi connectivity index (χ4v) is 2.81. The number of alkyl halides is 3. The van der Waals surface area contributed by atoms with Crippen LogP contribution >= 0.6 is 15.9 Å². The van der Waals surface area contributed by atoms with Crippen LogP contribution in [-0.2, 0) is 6.18 Å². The zero-order valence-electron chi connectivity index (χ0n) is 10.9. The number of hydrogen-bond acceptors (Lipinski definition) is 2. The molecule has 0 spiro atoms.